The average molecular weight is 355 g/mol. The first-order valence-corrected chi connectivity index (χ1v) is 10.1. The van der Waals surface area contributed by atoms with Crippen LogP contribution in [0.15, 0.2) is 30.3 Å². The van der Waals surface area contributed by atoms with E-state index in [1.165, 1.54) is 5.56 Å². The molecule has 3 fully saturated rings. The number of benzene rings is 1. The molecule has 2 saturated heterocycles. The molecule has 1 saturated carbocycles. The molecule has 140 valence electrons. The Bertz CT molecular complexity index is 650. The van der Waals surface area contributed by atoms with Crippen molar-refractivity contribution in [3.63, 3.8) is 0 Å². The summed E-state index contributed by atoms with van der Waals surface area (Å²) < 4.78 is 0. The van der Waals surface area contributed by atoms with Gasteiger partial charge in [-0.15, -0.1) is 0 Å². The van der Waals surface area contributed by atoms with E-state index in [2.05, 4.69) is 17.4 Å². The molecule has 26 heavy (non-hydrogen) atoms. The first-order valence-electron chi connectivity index (χ1n) is 10.1. The number of carbonyl (C=O) groups is 2. The number of nitrogens with zero attached hydrogens (tertiary/aromatic N) is 2. The molecule has 2 aliphatic heterocycles. The lowest BCUT2D eigenvalue weighted by Gasteiger charge is -2.44. The van der Waals surface area contributed by atoms with Crippen molar-refractivity contribution in [3.8, 4) is 0 Å². The molecule has 1 aliphatic carbocycles. The quantitative estimate of drug-likeness (QED) is 0.906. The third kappa shape index (κ3) is 3.31. The maximum absolute atomic E-state index is 13.0. The minimum Gasteiger partial charge on any atom is -0.346 e. The van der Waals surface area contributed by atoms with Gasteiger partial charge in [-0.25, -0.2) is 4.79 Å². The Hall–Kier alpha value is -2.04. The van der Waals surface area contributed by atoms with Crippen LogP contribution in [0.1, 0.15) is 50.5 Å². The summed E-state index contributed by atoms with van der Waals surface area (Å²) in [5, 5.41) is 3.35. The SMILES string of the molecule is O=C(NC1(c2ccccc2)CCC1)[C@@H]1CCCN(C(=O)N2CCCC2)C1. The van der Waals surface area contributed by atoms with E-state index in [1.54, 1.807) is 0 Å². The first kappa shape index (κ1) is 17.4. The summed E-state index contributed by atoms with van der Waals surface area (Å²) in [4.78, 5) is 29.5. The fourth-order valence-electron chi connectivity index (χ4n) is 4.58. The van der Waals surface area contributed by atoms with Crippen molar-refractivity contribution in [2.24, 2.45) is 5.92 Å². The van der Waals surface area contributed by atoms with Gasteiger partial charge in [0.1, 0.15) is 0 Å². The molecule has 1 aromatic carbocycles. The highest BCUT2D eigenvalue weighted by Gasteiger charge is 2.42. The van der Waals surface area contributed by atoms with Crippen molar-refractivity contribution in [3.05, 3.63) is 35.9 Å². The summed E-state index contributed by atoms with van der Waals surface area (Å²) in [6.45, 7) is 3.07. The van der Waals surface area contributed by atoms with Gasteiger partial charge in [-0.2, -0.15) is 0 Å². The third-order valence-electron chi connectivity index (χ3n) is 6.34. The molecule has 2 heterocycles. The first-order chi connectivity index (χ1) is 12.7. The Balaban J connectivity index is 1.40. The van der Waals surface area contributed by atoms with Gasteiger partial charge in [-0.3, -0.25) is 4.79 Å². The second-order valence-corrected chi connectivity index (χ2v) is 8.05. The van der Waals surface area contributed by atoms with Gasteiger partial charge in [0.05, 0.1) is 11.5 Å². The van der Waals surface area contributed by atoms with Crippen LogP contribution in [0.4, 0.5) is 4.79 Å². The molecule has 0 radical (unpaired) electrons. The molecular weight excluding hydrogens is 326 g/mol. The number of amides is 3. The molecule has 0 spiro atoms. The van der Waals surface area contributed by atoms with E-state index in [4.69, 9.17) is 0 Å². The van der Waals surface area contributed by atoms with Crippen molar-refractivity contribution in [1.82, 2.24) is 15.1 Å². The number of carbonyl (C=O) groups excluding carboxylic acids is 2. The van der Waals surface area contributed by atoms with E-state index in [1.807, 2.05) is 28.0 Å². The maximum Gasteiger partial charge on any atom is 0.320 e. The van der Waals surface area contributed by atoms with Crippen LogP contribution in [0.25, 0.3) is 0 Å². The van der Waals surface area contributed by atoms with Gasteiger partial charge in [0.15, 0.2) is 0 Å². The minimum absolute atomic E-state index is 0.0866. The van der Waals surface area contributed by atoms with Crippen LogP contribution in [0.3, 0.4) is 0 Å². The fourth-order valence-corrected chi connectivity index (χ4v) is 4.58. The topological polar surface area (TPSA) is 52.7 Å². The standard InChI is InChI=1S/C21H29N3O2/c25-19(22-21(11-7-12-21)18-9-2-1-3-10-18)17-8-6-15-24(16-17)20(26)23-13-4-5-14-23/h1-3,9-10,17H,4-8,11-16H2,(H,22,25)/t17-/m1/s1. The molecule has 3 aliphatic rings. The van der Waals surface area contributed by atoms with Crippen LogP contribution in [-0.2, 0) is 10.3 Å². The predicted molar refractivity (Wildman–Crippen MR) is 101 cm³/mol. The Kier molecular flexibility index (Phi) is 4.88. The average Bonchev–Trinajstić information content (AvgIpc) is 3.19. The van der Waals surface area contributed by atoms with Gasteiger partial charge in [-0.05, 0) is 50.5 Å². The van der Waals surface area contributed by atoms with Crippen molar-refractivity contribution in [2.45, 2.75) is 50.5 Å². The molecule has 4 rings (SSSR count). The van der Waals surface area contributed by atoms with E-state index < -0.39 is 0 Å². The number of nitrogens with one attached hydrogen (secondary N) is 1. The Morgan fingerprint density at radius 1 is 0.923 bits per heavy atom. The molecule has 5 nitrogen and oxygen atoms in total. The monoisotopic (exact) mass is 355 g/mol. The second-order valence-electron chi connectivity index (χ2n) is 8.05. The lowest BCUT2D eigenvalue weighted by Crippen LogP contribution is -2.55. The molecule has 5 heteroatoms. The zero-order valence-corrected chi connectivity index (χ0v) is 15.5. The number of urea groups is 1. The Morgan fingerprint density at radius 2 is 1.62 bits per heavy atom. The second kappa shape index (κ2) is 7.29. The van der Waals surface area contributed by atoms with Crippen LogP contribution in [0, 0.1) is 5.92 Å². The van der Waals surface area contributed by atoms with Gasteiger partial charge in [0, 0.05) is 26.2 Å². The lowest BCUT2D eigenvalue weighted by molar-refractivity contribution is -0.129. The van der Waals surface area contributed by atoms with Crippen LogP contribution in [-0.4, -0.2) is 47.9 Å². The number of rotatable bonds is 3. The number of hydrogen-bond donors (Lipinski definition) is 1. The van der Waals surface area contributed by atoms with Crippen LogP contribution in [0.5, 0.6) is 0 Å². The largest absolute Gasteiger partial charge is 0.346 e. The smallest absolute Gasteiger partial charge is 0.320 e. The zero-order chi connectivity index (χ0) is 18.0. The van der Waals surface area contributed by atoms with Crippen molar-refractivity contribution < 1.29 is 9.59 Å². The van der Waals surface area contributed by atoms with Crippen LogP contribution < -0.4 is 5.32 Å². The molecular formula is C21H29N3O2. The number of likely N-dealkylation sites (tertiary alicyclic amines) is 2. The predicted octanol–water partition coefficient (Wildman–Crippen LogP) is 3.11. The maximum atomic E-state index is 13.0. The third-order valence-corrected chi connectivity index (χ3v) is 6.34. The molecule has 1 aromatic rings. The van der Waals surface area contributed by atoms with Crippen molar-refractivity contribution in [2.75, 3.05) is 26.2 Å². The van der Waals surface area contributed by atoms with Gasteiger partial charge < -0.3 is 15.1 Å². The lowest BCUT2D eigenvalue weighted by atomic mass is 9.71. The summed E-state index contributed by atoms with van der Waals surface area (Å²) in [6, 6.07) is 10.5. The van der Waals surface area contributed by atoms with Crippen LogP contribution >= 0.6 is 0 Å². The fraction of sp³-hybridized carbons (Fsp3) is 0.619. The highest BCUT2D eigenvalue weighted by molar-refractivity contribution is 5.82. The summed E-state index contributed by atoms with van der Waals surface area (Å²) in [7, 11) is 0. The Morgan fingerprint density at radius 3 is 2.27 bits per heavy atom. The molecule has 3 amide bonds. The molecule has 0 aromatic heterocycles. The molecule has 0 bridgehead atoms. The van der Waals surface area contributed by atoms with Gasteiger partial charge in [0.2, 0.25) is 5.91 Å². The van der Waals surface area contributed by atoms with E-state index in [-0.39, 0.29) is 23.4 Å². The summed E-state index contributed by atoms with van der Waals surface area (Å²) in [6.07, 6.45) is 7.15. The highest BCUT2D eigenvalue weighted by atomic mass is 16.2. The Labute approximate surface area is 155 Å². The van der Waals surface area contributed by atoms with E-state index in [0.29, 0.717) is 6.54 Å². The zero-order valence-electron chi connectivity index (χ0n) is 15.5. The van der Waals surface area contributed by atoms with Gasteiger partial charge in [-0.1, -0.05) is 30.3 Å². The van der Waals surface area contributed by atoms with Gasteiger partial charge >= 0.3 is 6.03 Å². The summed E-state index contributed by atoms with van der Waals surface area (Å²) >= 11 is 0. The molecule has 1 atom stereocenters. The summed E-state index contributed by atoms with van der Waals surface area (Å²) in [5.41, 5.74) is 1.01. The van der Waals surface area contributed by atoms with Crippen LogP contribution in [0.2, 0.25) is 0 Å². The van der Waals surface area contributed by atoms with E-state index >= 15 is 0 Å². The summed E-state index contributed by atoms with van der Waals surface area (Å²) in [5.74, 6) is 0.0314. The van der Waals surface area contributed by atoms with Crippen molar-refractivity contribution in [1.29, 1.82) is 0 Å². The number of piperidine rings is 1. The molecule has 1 N–H and O–H groups in total. The molecule has 0 unspecified atom stereocenters. The van der Waals surface area contributed by atoms with E-state index in [0.717, 1.165) is 64.6 Å². The van der Waals surface area contributed by atoms with Crippen molar-refractivity contribution >= 4 is 11.9 Å². The highest BCUT2D eigenvalue weighted by Crippen LogP contribution is 2.41. The minimum atomic E-state index is -0.195. The van der Waals surface area contributed by atoms with E-state index in [9.17, 15) is 9.59 Å². The normalized spacial score (nSPS) is 24.8. The number of hydrogen-bond acceptors (Lipinski definition) is 2. The van der Waals surface area contributed by atoms with Gasteiger partial charge in [0.25, 0.3) is 0 Å².